The van der Waals surface area contributed by atoms with E-state index in [2.05, 4.69) is 0 Å². The molecule has 0 saturated carbocycles. The normalized spacial score (nSPS) is 31.8. The van der Waals surface area contributed by atoms with Gasteiger partial charge in [-0.05, 0) is 13.8 Å². The van der Waals surface area contributed by atoms with Crippen LogP contribution in [0.5, 0.6) is 0 Å². The predicted octanol–water partition coefficient (Wildman–Crippen LogP) is 1.51. The molecule has 0 bridgehead atoms. The Hall–Kier alpha value is -0.830. The Labute approximate surface area is 84.8 Å². The first kappa shape index (κ1) is 11.2. The number of aliphatic hydroxyl groups is 1. The van der Waals surface area contributed by atoms with E-state index >= 15 is 0 Å². The van der Waals surface area contributed by atoms with Crippen LogP contribution in [-0.4, -0.2) is 23.3 Å². The highest BCUT2D eigenvalue weighted by Gasteiger charge is 2.32. The van der Waals surface area contributed by atoms with E-state index < -0.39 is 6.10 Å². The summed E-state index contributed by atoms with van der Waals surface area (Å²) < 4.78 is 5.27. The molecule has 0 aromatic carbocycles. The van der Waals surface area contributed by atoms with Crippen molar-refractivity contribution < 1.29 is 14.6 Å². The van der Waals surface area contributed by atoms with E-state index in [1.165, 1.54) is 0 Å². The maximum absolute atomic E-state index is 11.3. The highest BCUT2D eigenvalue weighted by molar-refractivity contribution is 5.88. The molecule has 0 aromatic rings. The summed E-state index contributed by atoms with van der Waals surface area (Å²) in [6.45, 7) is 7.37. The van der Waals surface area contributed by atoms with Gasteiger partial charge in [-0.2, -0.15) is 0 Å². The third-order valence-electron chi connectivity index (χ3n) is 2.88. The molecule has 0 spiro atoms. The van der Waals surface area contributed by atoms with Crippen LogP contribution in [0.3, 0.4) is 0 Å². The average molecular weight is 198 g/mol. The first-order chi connectivity index (χ1) is 6.43. The molecule has 4 unspecified atom stereocenters. The molecule has 1 N–H and O–H groups in total. The van der Waals surface area contributed by atoms with Gasteiger partial charge in [-0.15, -0.1) is 0 Å². The lowest BCUT2D eigenvalue weighted by molar-refractivity contribution is -0.153. The van der Waals surface area contributed by atoms with Crippen molar-refractivity contribution in [1.82, 2.24) is 0 Å². The Morgan fingerprint density at radius 3 is 2.57 bits per heavy atom. The van der Waals surface area contributed by atoms with Crippen LogP contribution in [0.15, 0.2) is 11.6 Å². The Morgan fingerprint density at radius 1 is 1.50 bits per heavy atom. The van der Waals surface area contributed by atoms with Gasteiger partial charge in [0.25, 0.3) is 0 Å². The monoisotopic (exact) mass is 198 g/mol. The largest absolute Gasteiger partial charge is 0.458 e. The smallest absolute Gasteiger partial charge is 0.333 e. The van der Waals surface area contributed by atoms with Crippen molar-refractivity contribution in [1.29, 1.82) is 0 Å². The van der Waals surface area contributed by atoms with Crippen LogP contribution < -0.4 is 0 Å². The molecule has 0 saturated heterocycles. The van der Waals surface area contributed by atoms with E-state index in [0.29, 0.717) is 5.57 Å². The van der Waals surface area contributed by atoms with E-state index in [1.807, 2.05) is 19.9 Å². The summed E-state index contributed by atoms with van der Waals surface area (Å²) in [5.74, 6) is -0.115. The van der Waals surface area contributed by atoms with Crippen molar-refractivity contribution in [2.24, 2.45) is 11.8 Å². The molecule has 0 aromatic heterocycles. The second kappa shape index (κ2) is 4.13. The zero-order chi connectivity index (χ0) is 10.9. The number of ether oxygens (including phenoxy) is 1. The second-order valence-corrected chi connectivity index (χ2v) is 4.18. The maximum atomic E-state index is 11.3. The predicted molar refractivity (Wildman–Crippen MR) is 53.6 cm³/mol. The molecule has 80 valence electrons. The molecule has 0 aliphatic carbocycles. The van der Waals surface area contributed by atoms with Crippen molar-refractivity contribution >= 4 is 5.97 Å². The molecule has 1 rings (SSSR count). The number of carbonyl (C=O) groups excluding carboxylic acids is 1. The highest BCUT2D eigenvalue weighted by atomic mass is 16.5. The van der Waals surface area contributed by atoms with Gasteiger partial charge in [0, 0.05) is 17.4 Å². The Bertz CT molecular complexity index is 255. The molecule has 0 fully saturated rings. The summed E-state index contributed by atoms with van der Waals surface area (Å²) >= 11 is 0. The summed E-state index contributed by atoms with van der Waals surface area (Å²) in [5, 5.41) is 9.43. The molecule has 3 nitrogen and oxygen atoms in total. The third-order valence-corrected chi connectivity index (χ3v) is 2.88. The molecule has 1 heterocycles. The average Bonchev–Trinajstić information content (AvgIpc) is 2.10. The topological polar surface area (TPSA) is 46.5 Å². The van der Waals surface area contributed by atoms with E-state index in [4.69, 9.17) is 4.74 Å². The first-order valence-electron chi connectivity index (χ1n) is 5.01. The SMILES string of the molecule is CC1=CC(C)C(C(C)C(C)O)OC1=O. The van der Waals surface area contributed by atoms with Gasteiger partial charge in [-0.25, -0.2) is 4.79 Å². The fourth-order valence-corrected chi connectivity index (χ4v) is 1.74. The second-order valence-electron chi connectivity index (χ2n) is 4.18. The van der Waals surface area contributed by atoms with E-state index in [0.717, 1.165) is 0 Å². The summed E-state index contributed by atoms with van der Waals surface area (Å²) in [4.78, 5) is 11.3. The summed E-state index contributed by atoms with van der Waals surface area (Å²) in [6.07, 6.45) is 1.25. The number of hydrogen-bond acceptors (Lipinski definition) is 3. The third kappa shape index (κ3) is 2.15. The number of rotatable bonds is 2. The molecule has 0 radical (unpaired) electrons. The molecule has 3 heteroatoms. The van der Waals surface area contributed by atoms with Gasteiger partial charge in [-0.1, -0.05) is 19.9 Å². The summed E-state index contributed by atoms with van der Waals surface area (Å²) in [5.41, 5.74) is 0.659. The van der Waals surface area contributed by atoms with Crippen LogP contribution in [0.4, 0.5) is 0 Å². The highest BCUT2D eigenvalue weighted by Crippen LogP contribution is 2.26. The number of esters is 1. The molecular weight excluding hydrogens is 180 g/mol. The minimum absolute atomic E-state index is 0.0294. The van der Waals surface area contributed by atoms with Crippen molar-refractivity contribution in [3.63, 3.8) is 0 Å². The minimum atomic E-state index is -0.456. The minimum Gasteiger partial charge on any atom is -0.458 e. The van der Waals surface area contributed by atoms with Crippen LogP contribution in [0, 0.1) is 11.8 Å². The lowest BCUT2D eigenvalue weighted by atomic mass is 9.87. The van der Waals surface area contributed by atoms with Crippen molar-refractivity contribution in [3.8, 4) is 0 Å². The molecule has 1 aliphatic rings. The van der Waals surface area contributed by atoms with Gasteiger partial charge < -0.3 is 9.84 Å². The van der Waals surface area contributed by atoms with E-state index in [9.17, 15) is 9.90 Å². The lowest BCUT2D eigenvalue weighted by Gasteiger charge is -2.32. The number of hydrogen-bond donors (Lipinski definition) is 1. The van der Waals surface area contributed by atoms with Gasteiger partial charge in [0.2, 0.25) is 0 Å². The molecule has 0 amide bonds. The molecule has 1 aliphatic heterocycles. The van der Waals surface area contributed by atoms with Crippen LogP contribution in [0.2, 0.25) is 0 Å². The maximum Gasteiger partial charge on any atom is 0.333 e. The van der Waals surface area contributed by atoms with Crippen LogP contribution in [0.25, 0.3) is 0 Å². The van der Waals surface area contributed by atoms with Crippen molar-refractivity contribution in [2.45, 2.75) is 39.9 Å². The zero-order valence-electron chi connectivity index (χ0n) is 9.15. The fourth-order valence-electron chi connectivity index (χ4n) is 1.74. The summed E-state index contributed by atoms with van der Waals surface area (Å²) in [7, 11) is 0. The van der Waals surface area contributed by atoms with Crippen molar-refractivity contribution in [3.05, 3.63) is 11.6 Å². The Kier molecular flexibility index (Phi) is 3.32. The number of aliphatic hydroxyl groups excluding tert-OH is 1. The zero-order valence-corrected chi connectivity index (χ0v) is 9.15. The van der Waals surface area contributed by atoms with Gasteiger partial charge >= 0.3 is 5.97 Å². The van der Waals surface area contributed by atoms with E-state index in [1.54, 1.807) is 13.8 Å². The van der Waals surface area contributed by atoms with Gasteiger partial charge in [0.05, 0.1) is 6.10 Å². The number of carbonyl (C=O) groups is 1. The Morgan fingerprint density at radius 2 is 2.07 bits per heavy atom. The van der Waals surface area contributed by atoms with Gasteiger partial charge in [-0.3, -0.25) is 0 Å². The summed E-state index contributed by atoms with van der Waals surface area (Å²) in [6, 6.07) is 0. The van der Waals surface area contributed by atoms with Crippen LogP contribution in [0.1, 0.15) is 27.7 Å². The van der Waals surface area contributed by atoms with Gasteiger partial charge in [0.15, 0.2) is 0 Å². The first-order valence-corrected chi connectivity index (χ1v) is 5.01. The molecule has 4 atom stereocenters. The standard InChI is InChI=1S/C11H18O3/c1-6-5-7(2)11(13)14-10(6)8(3)9(4)12/h5-6,8-10,12H,1-4H3. The van der Waals surface area contributed by atoms with E-state index in [-0.39, 0.29) is 23.9 Å². The van der Waals surface area contributed by atoms with Crippen LogP contribution >= 0.6 is 0 Å². The fraction of sp³-hybridized carbons (Fsp3) is 0.727. The van der Waals surface area contributed by atoms with Crippen LogP contribution in [-0.2, 0) is 9.53 Å². The van der Waals surface area contributed by atoms with Crippen molar-refractivity contribution in [2.75, 3.05) is 0 Å². The van der Waals surface area contributed by atoms with Gasteiger partial charge in [0.1, 0.15) is 6.10 Å². The Balaban J connectivity index is 2.78. The number of cyclic esters (lactones) is 1. The quantitative estimate of drug-likeness (QED) is 0.684. The molecule has 14 heavy (non-hydrogen) atoms. The lowest BCUT2D eigenvalue weighted by Crippen LogP contribution is -2.39. The molecular formula is C11H18O3.